The predicted molar refractivity (Wildman–Crippen MR) is 36.9 cm³/mol. The Balaban J connectivity index is 2.23. The third kappa shape index (κ3) is 2.06. The van der Waals surface area contributed by atoms with Crippen molar-refractivity contribution in [3.63, 3.8) is 0 Å². The Labute approximate surface area is 55.7 Å². The van der Waals surface area contributed by atoms with Gasteiger partial charge >= 0.3 is 0 Å². The minimum atomic E-state index is 0.295. The summed E-state index contributed by atoms with van der Waals surface area (Å²) in [6.07, 6.45) is 7.39. The molecule has 0 radical (unpaired) electrons. The van der Waals surface area contributed by atoms with Crippen LogP contribution in [0.15, 0.2) is 12.3 Å². The molecule has 0 saturated carbocycles. The van der Waals surface area contributed by atoms with Gasteiger partial charge < -0.3 is 10.5 Å². The van der Waals surface area contributed by atoms with Crippen molar-refractivity contribution in [3.05, 3.63) is 12.3 Å². The van der Waals surface area contributed by atoms with Crippen molar-refractivity contribution in [2.45, 2.75) is 25.4 Å². The Morgan fingerprint density at radius 2 is 2.33 bits per heavy atom. The van der Waals surface area contributed by atoms with E-state index in [1.54, 1.807) is 6.20 Å². The summed E-state index contributed by atoms with van der Waals surface area (Å²) in [7, 11) is 0. The lowest BCUT2D eigenvalue weighted by Gasteiger charge is -2.18. The van der Waals surface area contributed by atoms with Gasteiger partial charge in [-0.2, -0.15) is 0 Å². The number of ether oxygens (including phenoxy) is 1. The molecule has 0 spiro atoms. The molecule has 2 N–H and O–H groups in total. The quantitative estimate of drug-likeness (QED) is 0.571. The zero-order valence-electron chi connectivity index (χ0n) is 5.55. The van der Waals surface area contributed by atoms with Gasteiger partial charge in [-0.05, 0) is 31.5 Å². The van der Waals surface area contributed by atoms with E-state index in [1.807, 2.05) is 6.08 Å². The molecule has 2 heteroatoms. The smallest absolute Gasteiger partial charge is 0.0772 e. The Kier molecular flexibility index (Phi) is 2.58. The first-order valence-corrected chi connectivity index (χ1v) is 3.43. The van der Waals surface area contributed by atoms with Gasteiger partial charge in [-0.25, -0.2) is 0 Å². The van der Waals surface area contributed by atoms with Crippen LogP contribution in [-0.4, -0.2) is 12.7 Å². The number of hydrogen-bond acceptors (Lipinski definition) is 2. The fourth-order valence-electron chi connectivity index (χ4n) is 1.04. The second-order valence-electron chi connectivity index (χ2n) is 2.29. The maximum atomic E-state index is 5.35. The fourth-order valence-corrected chi connectivity index (χ4v) is 1.04. The van der Waals surface area contributed by atoms with E-state index in [0.29, 0.717) is 6.10 Å². The molecule has 1 rings (SSSR count). The zero-order chi connectivity index (χ0) is 6.53. The molecule has 0 amide bonds. The van der Waals surface area contributed by atoms with Crippen LogP contribution < -0.4 is 5.73 Å². The largest absolute Gasteiger partial charge is 0.405 e. The maximum Gasteiger partial charge on any atom is 0.0772 e. The molecule has 1 unspecified atom stereocenters. The van der Waals surface area contributed by atoms with Gasteiger partial charge in [0.2, 0.25) is 0 Å². The SMILES string of the molecule is N/C=C/C1CCCCO1. The van der Waals surface area contributed by atoms with Gasteiger partial charge in [0, 0.05) is 6.61 Å². The molecule has 2 nitrogen and oxygen atoms in total. The van der Waals surface area contributed by atoms with E-state index in [9.17, 15) is 0 Å². The molecular formula is C7H13NO. The minimum absolute atomic E-state index is 0.295. The number of rotatable bonds is 1. The summed E-state index contributed by atoms with van der Waals surface area (Å²) >= 11 is 0. The summed E-state index contributed by atoms with van der Waals surface area (Å²) in [5.74, 6) is 0. The standard InChI is InChI=1S/C7H13NO/c8-5-4-7-3-1-2-6-9-7/h4-5,7H,1-3,6,8H2/b5-4+. The molecule has 0 aliphatic carbocycles. The molecular weight excluding hydrogens is 114 g/mol. The van der Waals surface area contributed by atoms with Crippen LogP contribution in [0.4, 0.5) is 0 Å². The molecule has 0 aromatic carbocycles. The third-order valence-electron chi connectivity index (χ3n) is 1.54. The summed E-state index contributed by atoms with van der Waals surface area (Å²) < 4.78 is 5.35. The van der Waals surface area contributed by atoms with Crippen LogP contribution >= 0.6 is 0 Å². The molecule has 0 bridgehead atoms. The van der Waals surface area contributed by atoms with Gasteiger partial charge in [-0.15, -0.1) is 0 Å². The van der Waals surface area contributed by atoms with Gasteiger partial charge in [0.25, 0.3) is 0 Å². The van der Waals surface area contributed by atoms with E-state index in [4.69, 9.17) is 10.5 Å². The highest BCUT2D eigenvalue weighted by Gasteiger charge is 2.08. The van der Waals surface area contributed by atoms with Crippen LogP contribution in [0.1, 0.15) is 19.3 Å². The molecule has 1 aliphatic rings. The fraction of sp³-hybridized carbons (Fsp3) is 0.714. The normalized spacial score (nSPS) is 29.1. The van der Waals surface area contributed by atoms with Crippen molar-refractivity contribution in [3.8, 4) is 0 Å². The first kappa shape index (κ1) is 6.62. The van der Waals surface area contributed by atoms with Gasteiger partial charge in [0.1, 0.15) is 0 Å². The molecule has 1 aliphatic heterocycles. The lowest BCUT2D eigenvalue weighted by atomic mass is 10.1. The first-order chi connectivity index (χ1) is 4.43. The van der Waals surface area contributed by atoms with E-state index in [1.165, 1.54) is 12.8 Å². The summed E-state index contributed by atoms with van der Waals surface area (Å²) in [5.41, 5.74) is 5.20. The van der Waals surface area contributed by atoms with Crippen molar-refractivity contribution in [1.82, 2.24) is 0 Å². The molecule has 1 heterocycles. The lowest BCUT2D eigenvalue weighted by Crippen LogP contribution is -2.16. The van der Waals surface area contributed by atoms with Gasteiger partial charge in [-0.1, -0.05) is 0 Å². The van der Waals surface area contributed by atoms with Crippen LogP contribution in [0.3, 0.4) is 0 Å². The monoisotopic (exact) mass is 127 g/mol. The highest BCUT2D eigenvalue weighted by atomic mass is 16.5. The van der Waals surface area contributed by atoms with Gasteiger partial charge in [0.15, 0.2) is 0 Å². The van der Waals surface area contributed by atoms with Crippen molar-refractivity contribution < 1.29 is 4.74 Å². The van der Waals surface area contributed by atoms with Crippen molar-refractivity contribution >= 4 is 0 Å². The number of hydrogen-bond donors (Lipinski definition) is 1. The van der Waals surface area contributed by atoms with E-state index in [2.05, 4.69) is 0 Å². The molecule has 9 heavy (non-hydrogen) atoms. The van der Waals surface area contributed by atoms with E-state index in [-0.39, 0.29) is 0 Å². The molecule has 0 aromatic rings. The first-order valence-electron chi connectivity index (χ1n) is 3.43. The Bertz CT molecular complexity index is 95.1. The van der Waals surface area contributed by atoms with E-state index < -0.39 is 0 Å². The summed E-state index contributed by atoms with van der Waals surface area (Å²) in [6, 6.07) is 0. The Hall–Kier alpha value is -0.500. The Morgan fingerprint density at radius 3 is 2.89 bits per heavy atom. The van der Waals surface area contributed by atoms with Crippen LogP contribution in [0.5, 0.6) is 0 Å². The highest BCUT2D eigenvalue weighted by Crippen LogP contribution is 2.12. The lowest BCUT2D eigenvalue weighted by molar-refractivity contribution is 0.0465. The van der Waals surface area contributed by atoms with Crippen molar-refractivity contribution in [1.29, 1.82) is 0 Å². The van der Waals surface area contributed by atoms with E-state index in [0.717, 1.165) is 13.0 Å². The topological polar surface area (TPSA) is 35.2 Å². The van der Waals surface area contributed by atoms with Crippen LogP contribution in [-0.2, 0) is 4.74 Å². The van der Waals surface area contributed by atoms with Gasteiger partial charge in [0.05, 0.1) is 6.10 Å². The van der Waals surface area contributed by atoms with Crippen molar-refractivity contribution in [2.24, 2.45) is 5.73 Å². The minimum Gasteiger partial charge on any atom is -0.405 e. The number of nitrogens with two attached hydrogens (primary N) is 1. The second kappa shape index (κ2) is 3.51. The molecule has 1 saturated heterocycles. The van der Waals surface area contributed by atoms with Crippen LogP contribution in [0.25, 0.3) is 0 Å². The average molecular weight is 127 g/mol. The maximum absolute atomic E-state index is 5.35. The summed E-state index contributed by atoms with van der Waals surface area (Å²) in [6.45, 7) is 0.898. The van der Waals surface area contributed by atoms with Crippen LogP contribution in [0, 0.1) is 0 Å². The molecule has 52 valence electrons. The molecule has 0 aromatic heterocycles. The summed E-state index contributed by atoms with van der Waals surface area (Å²) in [4.78, 5) is 0. The van der Waals surface area contributed by atoms with Crippen molar-refractivity contribution in [2.75, 3.05) is 6.61 Å². The third-order valence-corrected chi connectivity index (χ3v) is 1.54. The average Bonchev–Trinajstić information content (AvgIpc) is 1.91. The zero-order valence-corrected chi connectivity index (χ0v) is 5.55. The predicted octanol–water partition coefficient (Wildman–Crippen LogP) is 1.03. The second-order valence-corrected chi connectivity index (χ2v) is 2.29. The summed E-state index contributed by atoms with van der Waals surface area (Å²) in [5, 5.41) is 0. The van der Waals surface area contributed by atoms with Crippen LogP contribution in [0.2, 0.25) is 0 Å². The highest BCUT2D eigenvalue weighted by molar-refractivity contribution is 4.86. The molecule has 1 atom stereocenters. The van der Waals surface area contributed by atoms with Gasteiger partial charge in [-0.3, -0.25) is 0 Å². The Morgan fingerprint density at radius 1 is 1.44 bits per heavy atom. The molecule has 1 fully saturated rings. The van der Waals surface area contributed by atoms with E-state index >= 15 is 0 Å².